The lowest BCUT2D eigenvalue weighted by Crippen LogP contribution is -2.32. The fourth-order valence-electron chi connectivity index (χ4n) is 2.38. The molecule has 6 heteroatoms. The summed E-state index contributed by atoms with van der Waals surface area (Å²) in [5, 5.41) is 5.24. The standard InChI is InChI=1S/C13H17N3O2S/c17-13-12-10(3-5-19-12)15-11(16-13)8-18-7-9-2-1-4-14-6-9/h3,5,9,14H,1-2,4,6-8H2,(H,15,16,17). The third-order valence-electron chi connectivity index (χ3n) is 3.36. The molecule has 1 aliphatic rings. The van der Waals surface area contributed by atoms with Gasteiger partial charge in [0.25, 0.3) is 5.56 Å². The van der Waals surface area contributed by atoms with E-state index in [1.54, 1.807) is 0 Å². The predicted octanol–water partition coefficient (Wildman–Crippen LogP) is 1.50. The molecule has 0 bridgehead atoms. The van der Waals surface area contributed by atoms with Crippen LogP contribution in [0.5, 0.6) is 0 Å². The summed E-state index contributed by atoms with van der Waals surface area (Å²) in [6.45, 7) is 3.23. The van der Waals surface area contributed by atoms with Gasteiger partial charge in [0, 0.05) is 6.54 Å². The summed E-state index contributed by atoms with van der Waals surface area (Å²) in [6.07, 6.45) is 2.42. The molecule has 0 radical (unpaired) electrons. The average Bonchev–Trinajstić information content (AvgIpc) is 2.89. The number of nitrogens with one attached hydrogen (secondary N) is 2. The summed E-state index contributed by atoms with van der Waals surface area (Å²) in [5.74, 6) is 1.19. The van der Waals surface area contributed by atoms with Crippen molar-refractivity contribution in [2.45, 2.75) is 19.4 Å². The largest absolute Gasteiger partial charge is 0.373 e. The quantitative estimate of drug-likeness (QED) is 0.890. The molecule has 3 heterocycles. The number of hydrogen-bond acceptors (Lipinski definition) is 5. The molecule has 0 aromatic carbocycles. The zero-order valence-electron chi connectivity index (χ0n) is 10.6. The van der Waals surface area contributed by atoms with Crippen molar-refractivity contribution in [1.29, 1.82) is 0 Å². The minimum absolute atomic E-state index is 0.0714. The van der Waals surface area contributed by atoms with Crippen LogP contribution in [0.2, 0.25) is 0 Å². The second kappa shape index (κ2) is 5.81. The molecule has 3 rings (SSSR count). The molecular formula is C13H17N3O2S. The fraction of sp³-hybridized carbons (Fsp3) is 0.538. The van der Waals surface area contributed by atoms with Crippen LogP contribution in [0, 0.1) is 5.92 Å². The molecule has 0 aliphatic carbocycles. The van der Waals surface area contributed by atoms with E-state index in [1.807, 2.05) is 11.4 Å². The van der Waals surface area contributed by atoms with Crippen molar-refractivity contribution < 1.29 is 4.74 Å². The lowest BCUT2D eigenvalue weighted by molar-refractivity contribution is 0.0743. The summed E-state index contributed by atoms with van der Waals surface area (Å²) in [7, 11) is 0. The van der Waals surface area contributed by atoms with Crippen molar-refractivity contribution >= 4 is 21.6 Å². The molecule has 1 saturated heterocycles. The van der Waals surface area contributed by atoms with E-state index >= 15 is 0 Å². The van der Waals surface area contributed by atoms with E-state index < -0.39 is 0 Å². The number of hydrogen-bond donors (Lipinski definition) is 2. The van der Waals surface area contributed by atoms with Crippen molar-refractivity contribution in [3.63, 3.8) is 0 Å². The average molecular weight is 279 g/mol. The van der Waals surface area contributed by atoms with Gasteiger partial charge in [0.1, 0.15) is 17.1 Å². The first-order chi connectivity index (χ1) is 9.33. The molecule has 2 aromatic heterocycles. The molecule has 0 spiro atoms. The summed E-state index contributed by atoms with van der Waals surface area (Å²) in [4.78, 5) is 18.9. The van der Waals surface area contributed by atoms with Crippen molar-refractivity contribution in [2.24, 2.45) is 5.92 Å². The van der Waals surface area contributed by atoms with Crippen molar-refractivity contribution in [2.75, 3.05) is 19.7 Å². The maximum atomic E-state index is 11.8. The third-order valence-corrected chi connectivity index (χ3v) is 4.26. The number of thiophene rings is 1. The minimum atomic E-state index is -0.0714. The number of nitrogens with zero attached hydrogens (tertiary/aromatic N) is 1. The highest BCUT2D eigenvalue weighted by Crippen LogP contribution is 2.14. The van der Waals surface area contributed by atoms with Crippen LogP contribution in [0.1, 0.15) is 18.7 Å². The van der Waals surface area contributed by atoms with Crippen LogP contribution in [0.4, 0.5) is 0 Å². The van der Waals surface area contributed by atoms with Gasteiger partial charge in [0.2, 0.25) is 0 Å². The Kier molecular flexibility index (Phi) is 3.91. The Bertz CT molecular complexity index is 601. The van der Waals surface area contributed by atoms with Crippen LogP contribution in [0.3, 0.4) is 0 Å². The van der Waals surface area contributed by atoms with Crippen LogP contribution in [-0.4, -0.2) is 29.7 Å². The van der Waals surface area contributed by atoms with Crippen molar-refractivity contribution in [1.82, 2.24) is 15.3 Å². The Morgan fingerprint density at radius 2 is 2.47 bits per heavy atom. The maximum absolute atomic E-state index is 11.8. The Hall–Kier alpha value is -1.24. The number of fused-ring (bicyclic) bond motifs is 1. The Labute approximate surface area is 115 Å². The van der Waals surface area contributed by atoms with E-state index in [-0.39, 0.29) is 5.56 Å². The molecule has 1 fully saturated rings. The maximum Gasteiger partial charge on any atom is 0.268 e. The zero-order valence-corrected chi connectivity index (χ0v) is 11.5. The number of ether oxygens (including phenoxy) is 1. The van der Waals surface area contributed by atoms with E-state index in [1.165, 1.54) is 24.2 Å². The molecule has 1 atom stereocenters. The third kappa shape index (κ3) is 3.02. The van der Waals surface area contributed by atoms with E-state index in [0.29, 0.717) is 23.0 Å². The lowest BCUT2D eigenvalue weighted by Gasteiger charge is -2.22. The highest BCUT2D eigenvalue weighted by atomic mass is 32.1. The second-order valence-corrected chi connectivity index (χ2v) is 5.79. The Balaban J connectivity index is 1.60. The van der Waals surface area contributed by atoms with E-state index in [0.717, 1.165) is 25.2 Å². The number of piperidine rings is 1. The molecule has 1 aliphatic heterocycles. The van der Waals surface area contributed by atoms with Crippen LogP contribution in [0.15, 0.2) is 16.2 Å². The normalized spacial score (nSPS) is 19.9. The molecule has 2 N–H and O–H groups in total. The van der Waals surface area contributed by atoms with Gasteiger partial charge in [-0.3, -0.25) is 4.79 Å². The van der Waals surface area contributed by atoms with E-state index in [9.17, 15) is 4.79 Å². The summed E-state index contributed by atoms with van der Waals surface area (Å²) >= 11 is 1.41. The minimum Gasteiger partial charge on any atom is -0.373 e. The molecule has 2 aromatic rings. The molecule has 0 amide bonds. The number of rotatable bonds is 4. The molecule has 0 saturated carbocycles. The Morgan fingerprint density at radius 1 is 1.53 bits per heavy atom. The van der Waals surface area contributed by atoms with Crippen LogP contribution in [0.25, 0.3) is 10.2 Å². The van der Waals surface area contributed by atoms with E-state index in [4.69, 9.17) is 4.74 Å². The van der Waals surface area contributed by atoms with Gasteiger partial charge in [-0.15, -0.1) is 11.3 Å². The second-order valence-electron chi connectivity index (χ2n) is 4.88. The van der Waals surface area contributed by atoms with Gasteiger partial charge in [-0.2, -0.15) is 0 Å². The summed E-state index contributed by atoms with van der Waals surface area (Å²) < 4.78 is 6.35. The lowest BCUT2D eigenvalue weighted by atomic mass is 10.0. The molecule has 5 nitrogen and oxygen atoms in total. The zero-order chi connectivity index (χ0) is 13.1. The van der Waals surface area contributed by atoms with Gasteiger partial charge in [-0.05, 0) is 36.8 Å². The summed E-state index contributed by atoms with van der Waals surface area (Å²) in [5.41, 5.74) is 0.685. The highest BCUT2D eigenvalue weighted by Gasteiger charge is 2.13. The van der Waals surface area contributed by atoms with Gasteiger partial charge >= 0.3 is 0 Å². The molecule has 102 valence electrons. The summed E-state index contributed by atoms with van der Waals surface area (Å²) in [6, 6.07) is 1.86. The van der Waals surface area contributed by atoms with Crippen LogP contribution in [-0.2, 0) is 11.3 Å². The van der Waals surface area contributed by atoms with Gasteiger partial charge in [-0.25, -0.2) is 4.98 Å². The van der Waals surface area contributed by atoms with Gasteiger partial charge < -0.3 is 15.0 Å². The monoisotopic (exact) mass is 279 g/mol. The number of H-pyrrole nitrogens is 1. The first kappa shape index (κ1) is 12.8. The first-order valence-corrected chi connectivity index (χ1v) is 7.46. The van der Waals surface area contributed by atoms with Gasteiger partial charge in [-0.1, -0.05) is 0 Å². The number of aromatic amines is 1. The fourth-order valence-corrected chi connectivity index (χ4v) is 3.10. The Morgan fingerprint density at radius 3 is 3.32 bits per heavy atom. The van der Waals surface area contributed by atoms with Crippen LogP contribution >= 0.6 is 11.3 Å². The molecular weight excluding hydrogens is 262 g/mol. The van der Waals surface area contributed by atoms with Gasteiger partial charge in [0.15, 0.2) is 0 Å². The van der Waals surface area contributed by atoms with E-state index in [2.05, 4.69) is 15.3 Å². The van der Waals surface area contributed by atoms with Crippen molar-refractivity contribution in [3.8, 4) is 0 Å². The van der Waals surface area contributed by atoms with Crippen LogP contribution < -0.4 is 10.9 Å². The highest BCUT2D eigenvalue weighted by molar-refractivity contribution is 7.17. The molecule has 1 unspecified atom stereocenters. The molecule has 19 heavy (non-hydrogen) atoms. The topological polar surface area (TPSA) is 67.0 Å². The van der Waals surface area contributed by atoms with Gasteiger partial charge in [0.05, 0.1) is 12.1 Å². The predicted molar refractivity (Wildman–Crippen MR) is 75.5 cm³/mol. The SMILES string of the molecule is O=c1[nH]c(COCC2CCCNC2)nc2ccsc12. The smallest absolute Gasteiger partial charge is 0.268 e. The number of aromatic nitrogens is 2. The van der Waals surface area contributed by atoms with Crippen molar-refractivity contribution in [3.05, 3.63) is 27.6 Å². The first-order valence-electron chi connectivity index (χ1n) is 6.58.